The number of nitrogens with zero attached hydrogens (tertiary/aromatic N) is 2. The number of phenols is 1. The van der Waals surface area contributed by atoms with E-state index in [9.17, 15) is 34.8 Å². The Bertz CT molecular complexity index is 1690. The molecule has 40 heavy (non-hydrogen) atoms. The number of aromatic nitrogens is 1. The Hall–Kier alpha value is -4.54. The molecule has 1 aromatic heterocycles. The van der Waals surface area contributed by atoms with E-state index in [1.165, 1.54) is 11.1 Å². The molecular weight excluding hydrogens is 514 g/mol. The molecule has 0 bridgehead atoms. The van der Waals surface area contributed by atoms with Crippen LogP contribution in [0.2, 0.25) is 0 Å². The lowest BCUT2D eigenvalue weighted by Crippen LogP contribution is -2.66. The van der Waals surface area contributed by atoms with Gasteiger partial charge in [-0.1, -0.05) is 36.4 Å². The predicted octanol–water partition coefficient (Wildman–Crippen LogP) is 2.10. The molecule has 204 valence electrons. The fourth-order valence-corrected chi connectivity index (χ4v) is 6.95. The van der Waals surface area contributed by atoms with E-state index in [4.69, 9.17) is 5.73 Å². The van der Waals surface area contributed by atoms with Gasteiger partial charge >= 0.3 is 0 Å². The van der Waals surface area contributed by atoms with Crippen LogP contribution in [0.15, 0.2) is 71.6 Å². The third-order valence-electron chi connectivity index (χ3n) is 8.59. The minimum atomic E-state index is -2.71. The number of aliphatic hydroxyl groups is 3. The van der Waals surface area contributed by atoms with Crippen molar-refractivity contribution in [2.75, 3.05) is 14.1 Å². The van der Waals surface area contributed by atoms with Gasteiger partial charge < -0.3 is 26.2 Å². The molecule has 0 spiro atoms. The van der Waals surface area contributed by atoms with E-state index in [1.807, 2.05) is 36.4 Å². The van der Waals surface area contributed by atoms with Crippen molar-refractivity contribution in [2.24, 2.45) is 17.6 Å². The number of aliphatic hydroxyl groups excluding tert-OH is 2. The number of nitrogens with two attached hydrogens (primary N) is 1. The van der Waals surface area contributed by atoms with E-state index in [0.29, 0.717) is 10.9 Å². The van der Waals surface area contributed by atoms with Crippen molar-refractivity contribution in [3.63, 3.8) is 0 Å². The number of primary amides is 1. The molecule has 10 nitrogen and oxygen atoms in total. The Morgan fingerprint density at radius 1 is 1.07 bits per heavy atom. The van der Waals surface area contributed by atoms with Crippen molar-refractivity contribution in [1.82, 2.24) is 9.88 Å². The number of carbonyl (C=O) groups is 3. The highest BCUT2D eigenvalue weighted by Crippen LogP contribution is 2.58. The van der Waals surface area contributed by atoms with Gasteiger partial charge in [0.2, 0.25) is 5.78 Å². The summed E-state index contributed by atoms with van der Waals surface area (Å²) in [6, 6.07) is 13.4. The zero-order valence-electron chi connectivity index (χ0n) is 21.7. The van der Waals surface area contributed by atoms with Gasteiger partial charge in [0.05, 0.1) is 11.6 Å². The van der Waals surface area contributed by atoms with Crippen LogP contribution in [0.1, 0.15) is 29.0 Å². The zero-order valence-corrected chi connectivity index (χ0v) is 21.7. The lowest BCUT2D eigenvalue weighted by molar-refractivity contribution is -0.154. The first-order valence-corrected chi connectivity index (χ1v) is 12.8. The summed E-state index contributed by atoms with van der Waals surface area (Å²) in [4.78, 5) is 45.7. The Kier molecular flexibility index (Phi) is 5.62. The number of aromatic hydroxyl groups is 1. The van der Waals surface area contributed by atoms with E-state index >= 15 is 0 Å². The molecule has 1 saturated carbocycles. The molecule has 3 aromatic rings. The Morgan fingerprint density at radius 3 is 2.42 bits per heavy atom. The van der Waals surface area contributed by atoms with Crippen LogP contribution in [0.5, 0.6) is 5.75 Å². The summed E-state index contributed by atoms with van der Waals surface area (Å²) in [5, 5.41) is 46.6. The van der Waals surface area contributed by atoms with E-state index in [-0.39, 0.29) is 28.8 Å². The van der Waals surface area contributed by atoms with Gasteiger partial charge in [0, 0.05) is 34.9 Å². The molecule has 0 radical (unpaired) electrons. The molecule has 6 N–H and O–H groups in total. The fraction of sp³-hybridized carbons (Fsp3) is 0.267. The minimum Gasteiger partial charge on any atom is -0.508 e. The van der Waals surface area contributed by atoms with Crippen molar-refractivity contribution < 1.29 is 34.8 Å². The lowest BCUT2D eigenvalue weighted by atomic mass is 9.54. The highest BCUT2D eigenvalue weighted by molar-refractivity contribution is 6.24. The fourth-order valence-electron chi connectivity index (χ4n) is 6.95. The SMILES string of the molecule is CN(C)[C@@H]1C(=O)C(C(N)=O)=C(O)[C@@]2(O)C(=O)C3=C(O)c4c(cc5cccnc5c4O)[C@H](c4ccccc4)[C@H]3CC12. The topological polar surface area (TPSA) is 174 Å². The van der Waals surface area contributed by atoms with Crippen molar-refractivity contribution in [3.05, 3.63) is 88.3 Å². The van der Waals surface area contributed by atoms with Crippen molar-refractivity contribution >= 4 is 34.1 Å². The third kappa shape index (κ3) is 3.23. The Morgan fingerprint density at radius 2 is 1.77 bits per heavy atom. The van der Waals surface area contributed by atoms with E-state index < -0.39 is 64.0 Å². The molecule has 10 heteroatoms. The van der Waals surface area contributed by atoms with E-state index in [0.717, 1.165) is 5.56 Å². The van der Waals surface area contributed by atoms with Gasteiger partial charge in [-0.2, -0.15) is 0 Å². The number of likely N-dealkylation sites (N-methyl/N-ethyl adjacent to an activating group) is 1. The first-order valence-electron chi connectivity index (χ1n) is 12.8. The average molecular weight is 542 g/mol. The molecule has 3 aliphatic rings. The van der Waals surface area contributed by atoms with Gasteiger partial charge in [-0.25, -0.2) is 0 Å². The number of fused-ring (bicyclic) bond motifs is 4. The van der Waals surface area contributed by atoms with Crippen LogP contribution in [0.25, 0.3) is 16.7 Å². The second-order valence-electron chi connectivity index (χ2n) is 10.8. The molecular formula is C30H27N3O7. The summed E-state index contributed by atoms with van der Waals surface area (Å²) in [5.41, 5.74) is 3.18. The quantitative estimate of drug-likeness (QED) is 0.311. The molecule has 1 heterocycles. The van der Waals surface area contributed by atoms with Gasteiger partial charge in [0.25, 0.3) is 5.91 Å². The molecule has 5 atom stereocenters. The van der Waals surface area contributed by atoms with Gasteiger partial charge in [0.1, 0.15) is 22.6 Å². The maximum atomic E-state index is 14.3. The van der Waals surface area contributed by atoms with E-state index in [2.05, 4.69) is 4.98 Å². The molecule has 0 aliphatic heterocycles. The van der Waals surface area contributed by atoms with Gasteiger partial charge in [-0.05, 0) is 43.8 Å². The summed E-state index contributed by atoms with van der Waals surface area (Å²) in [6.45, 7) is 0. The molecule has 1 unspecified atom stereocenters. The zero-order chi connectivity index (χ0) is 28.7. The number of amides is 1. The summed E-state index contributed by atoms with van der Waals surface area (Å²) in [5.74, 6) is -7.64. The minimum absolute atomic E-state index is 0.00339. The van der Waals surface area contributed by atoms with Gasteiger partial charge in [-0.15, -0.1) is 0 Å². The van der Waals surface area contributed by atoms with Gasteiger partial charge in [0.15, 0.2) is 17.1 Å². The van der Waals surface area contributed by atoms with Crippen LogP contribution < -0.4 is 5.73 Å². The first-order chi connectivity index (χ1) is 19.0. The average Bonchev–Trinajstić information content (AvgIpc) is 2.91. The second kappa shape index (κ2) is 8.73. The normalized spacial score (nSPS) is 28.0. The number of hydrogen-bond acceptors (Lipinski definition) is 9. The maximum absolute atomic E-state index is 14.3. The Labute approximate surface area is 228 Å². The van der Waals surface area contributed by atoms with Crippen LogP contribution in [-0.4, -0.2) is 73.5 Å². The monoisotopic (exact) mass is 541 g/mol. The number of pyridine rings is 1. The summed E-state index contributed by atoms with van der Waals surface area (Å²) in [6.07, 6.45) is 1.48. The van der Waals surface area contributed by atoms with Crippen molar-refractivity contribution in [1.29, 1.82) is 0 Å². The van der Waals surface area contributed by atoms with Crippen molar-refractivity contribution in [2.45, 2.75) is 24.0 Å². The largest absolute Gasteiger partial charge is 0.508 e. The van der Waals surface area contributed by atoms with Crippen LogP contribution in [-0.2, 0) is 14.4 Å². The number of carbonyl (C=O) groups excluding carboxylic acids is 3. The highest BCUT2D eigenvalue weighted by atomic mass is 16.3. The van der Waals surface area contributed by atoms with Crippen LogP contribution in [0.3, 0.4) is 0 Å². The maximum Gasteiger partial charge on any atom is 0.255 e. The molecule has 1 fully saturated rings. The number of Topliss-reactive ketones (excluding diaryl/α,β-unsaturated/α-hetero) is 2. The molecule has 1 amide bonds. The highest BCUT2D eigenvalue weighted by Gasteiger charge is 2.65. The van der Waals surface area contributed by atoms with Crippen LogP contribution >= 0.6 is 0 Å². The molecule has 2 aromatic carbocycles. The standard InChI is InChI=1S/C30H27N3O7/c1-33(2)23-17-12-16-18(13-7-4-3-5-8-13)15-11-14-9-6-10-32-22(14)25(35)19(15)24(34)20(16)27(37)30(17,40)28(38)21(26(23)36)29(31)39/h3-11,16-18,23,34-35,38,40H,12H2,1-2H3,(H2,31,39)/t16-,17?,18+,23+,30+/m1/s1. The number of hydrogen-bond donors (Lipinski definition) is 5. The number of phenolic OH excluding ortho intramolecular Hbond substituents is 1. The molecule has 3 aliphatic carbocycles. The first kappa shape index (κ1) is 25.7. The molecule has 0 saturated heterocycles. The Balaban J connectivity index is 1.69. The summed E-state index contributed by atoms with van der Waals surface area (Å²) in [7, 11) is 3.14. The van der Waals surface area contributed by atoms with E-state index in [1.54, 1.807) is 26.2 Å². The summed E-state index contributed by atoms with van der Waals surface area (Å²) < 4.78 is 0. The van der Waals surface area contributed by atoms with Crippen LogP contribution in [0.4, 0.5) is 0 Å². The number of rotatable bonds is 3. The van der Waals surface area contributed by atoms with Crippen LogP contribution in [0, 0.1) is 11.8 Å². The number of benzene rings is 2. The van der Waals surface area contributed by atoms with Crippen molar-refractivity contribution in [3.8, 4) is 5.75 Å². The van der Waals surface area contributed by atoms with Gasteiger partial charge in [-0.3, -0.25) is 24.3 Å². The molecule has 6 rings (SSSR count). The summed E-state index contributed by atoms with van der Waals surface area (Å²) >= 11 is 0. The lowest BCUT2D eigenvalue weighted by Gasteiger charge is -2.51. The second-order valence-corrected chi connectivity index (χ2v) is 10.8. The third-order valence-corrected chi connectivity index (χ3v) is 8.59. The number of ketones is 2. The smallest absolute Gasteiger partial charge is 0.255 e. The predicted molar refractivity (Wildman–Crippen MR) is 144 cm³/mol.